The minimum atomic E-state index is -0.832. The van der Waals surface area contributed by atoms with E-state index in [0.29, 0.717) is 26.2 Å². The van der Waals surface area contributed by atoms with Crippen molar-refractivity contribution >= 4 is 11.8 Å². The fourth-order valence-electron chi connectivity index (χ4n) is 1.38. The van der Waals surface area contributed by atoms with Gasteiger partial charge in [-0.2, -0.15) is 0 Å². The van der Waals surface area contributed by atoms with E-state index in [-0.39, 0.29) is 11.8 Å². The van der Waals surface area contributed by atoms with Gasteiger partial charge in [-0.25, -0.2) is 0 Å². The van der Waals surface area contributed by atoms with E-state index in [1.54, 1.807) is 27.7 Å². The second kappa shape index (κ2) is 6.70. The first-order valence-corrected chi connectivity index (χ1v) is 6.18. The standard InChI is InChI=1S/C12H26N4O2/c1-11(2,9(17)15-7-5-13)12(3,4)10(18)16-8-6-14/h5-8,13-14H2,1-4H3,(H,15,17)(H,16,18). The number of nitrogens with two attached hydrogens (primary N) is 2. The molecule has 0 aliphatic rings. The molecule has 0 unspecified atom stereocenters. The summed E-state index contributed by atoms with van der Waals surface area (Å²) < 4.78 is 0. The molecule has 0 saturated heterocycles. The predicted molar refractivity (Wildman–Crippen MR) is 71.7 cm³/mol. The summed E-state index contributed by atoms with van der Waals surface area (Å²) in [6.07, 6.45) is 0. The first kappa shape index (κ1) is 16.9. The molecule has 106 valence electrons. The summed E-state index contributed by atoms with van der Waals surface area (Å²) in [5, 5.41) is 5.44. The van der Waals surface area contributed by atoms with Crippen molar-refractivity contribution in [3.63, 3.8) is 0 Å². The van der Waals surface area contributed by atoms with Crippen LogP contribution in [0.4, 0.5) is 0 Å². The predicted octanol–water partition coefficient (Wildman–Crippen LogP) is -0.811. The molecule has 0 aromatic heterocycles. The number of hydrogen-bond acceptors (Lipinski definition) is 4. The van der Waals surface area contributed by atoms with Crippen LogP contribution in [0, 0.1) is 10.8 Å². The summed E-state index contributed by atoms with van der Waals surface area (Å²) in [5.41, 5.74) is 9.03. The van der Waals surface area contributed by atoms with Crippen LogP contribution in [0.25, 0.3) is 0 Å². The maximum absolute atomic E-state index is 12.1. The van der Waals surface area contributed by atoms with Gasteiger partial charge in [0, 0.05) is 26.2 Å². The number of carbonyl (C=O) groups is 2. The van der Waals surface area contributed by atoms with Gasteiger partial charge in [0.2, 0.25) is 11.8 Å². The molecule has 0 saturated carbocycles. The van der Waals surface area contributed by atoms with Gasteiger partial charge in [0.05, 0.1) is 10.8 Å². The third kappa shape index (κ3) is 3.68. The molecule has 6 nitrogen and oxygen atoms in total. The van der Waals surface area contributed by atoms with Crippen molar-refractivity contribution in [2.24, 2.45) is 22.3 Å². The Morgan fingerprint density at radius 3 is 1.33 bits per heavy atom. The highest BCUT2D eigenvalue weighted by Gasteiger charge is 2.47. The van der Waals surface area contributed by atoms with Crippen LogP contribution in [0.2, 0.25) is 0 Å². The monoisotopic (exact) mass is 258 g/mol. The van der Waals surface area contributed by atoms with Crippen LogP contribution in [0.15, 0.2) is 0 Å². The maximum atomic E-state index is 12.1. The Morgan fingerprint density at radius 1 is 0.833 bits per heavy atom. The molecule has 0 aromatic rings. The molecule has 0 rings (SSSR count). The van der Waals surface area contributed by atoms with E-state index in [1.807, 2.05) is 0 Å². The van der Waals surface area contributed by atoms with Crippen molar-refractivity contribution in [3.05, 3.63) is 0 Å². The average molecular weight is 258 g/mol. The van der Waals surface area contributed by atoms with Crippen molar-refractivity contribution in [2.45, 2.75) is 27.7 Å². The Morgan fingerprint density at radius 2 is 1.11 bits per heavy atom. The molecule has 0 radical (unpaired) electrons. The largest absolute Gasteiger partial charge is 0.354 e. The zero-order valence-corrected chi connectivity index (χ0v) is 11.8. The first-order valence-electron chi connectivity index (χ1n) is 6.18. The van der Waals surface area contributed by atoms with Gasteiger partial charge in [0.25, 0.3) is 0 Å². The zero-order chi connectivity index (χ0) is 14.4. The molecule has 18 heavy (non-hydrogen) atoms. The van der Waals surface area contributed by atoms with Crippen molar-refractivity contribution in [3.8, 4) is 0 Å². The number of nitrogens with one attached hydrogen (secondary N) is 2. The quantitative estimate of drug-likeness (QED) is 0.478. The first-order chi connectivity index (χ1) is 8.21. The molecule has 0 fully saturated rings. The van der Waals surface area contributed by atoms with E-state index < -0.39 is 10.8 Å². The molecule has 0 aromatic carbocycles. The third-order valence-corrected chi connectivity index (χ3v) is 3.56. The van der Waals surface area contributed by atoms with E-state index in [1.165, 1.54) is 0 Å². The van der Waals surface area contributed by atoms with E-state index >= 15 is 0 Å². The smallest absolute Gasteiger partial charge is 0.226 e. The average Bonchev–Trinajstić information content (AvgIpc) is 2.32. The normalized spacial score (nSPS) is 12.1. The molecular formula is C12H26N4O2. The second-order valence-electron chi connectivity index (χ2n) is 5.34. The van der Waals surface area contributed by atoms with Gasteiger partial charge >= 0.3 is 0 Å². The number of amides is 2. The van der Waals surface area contributed by atoms with Crippen LogP contribution in [-0.2, 0) is 9.59 Å². The second-order valence-corrected chi connectivity index (χ2v) is 5.34. The van der Waals surface area contributed by atoms with E-state index in [0.717, 1.165) is 0 Å². The van der Waals surface area contributed by atoms with Gasteiger partial charge in [-0.3, -0.25) is 9.59 Å². The summed E-state index contributed by atoms with van der Waals surface area (Å²) in [7, 11) is 0. The number of rotatable bonds is 7. The summed E-state index contributed by atoms with van der Waals surface area (Å²) in [4.78, 5) is 24.2. The van der Waals surface area contributed by atoms with Crippen molar-refractivity contribution < 1.29 is 9.59 Å². The zero-order valence-electron chi connectivity index (χ0n) is 11.8. The SMILES string of the molecule is CC(C)(C(=O)NCCN)C(C)(C)C(=O)NCCN. The molecule has 6 N–H and O–H groups in total. The highest BCUT2D eigenvalue weighted by molar-refractivity contribution is 5.92. The Labute approximate surface area is 109 Å². The van der Waals surface area contributed by atoms with E-state index in [2.05, 4.69) is 10.6 Å². The molecule has 6 heteroatoms. The van der Waals surface area contributed by atoms with Crippen molar-refractivity contribution in [1.82, 2.24) is 10.6 Å². The van der Waals surface area contributed by atoms with Crippen molar-refractivity contribution in [1.29, 1.82) is 0 Å². The van der Waals surface area contributed by atoms with Gasteiger partial charge in [-0.05, 0) is 0 Å². The Balaban J connectivity index is 4.82. The topological polar surface area (TPSA) is 110 Å². The fourth-order valence-corrected chi connectivity index (χ4v) is 1.38. The van der Waals surface area contributed by atoms with Crippen LogP contribution in [0.5, 0.6) is 0 Å². The molecule has 0 aliphatic carbocycles. The van der Waals surface area contributed by atoms with E-state index in [4.69, 9.17) is 11.5 Å². The minimum Gasteiger partial charge on any atom is -0.354 e. The molecule has 0 bridgehead atoms. The molecule has 0 aliphatic heterocycles. The summed E-state index contributed by atoms with van der Waals surface area (Å²) in [5.74, 6) is -0.360. The summed E-state index contributed by atoms with van der Waals surface area (Å²) in [6, 6.07) is 0. The lowest BCUT2D eigenvalue weighted by Crippen LogP contribution is -2.54. The van der Waals surface area contributed by atoms with Crippen LogP contribution in [0.1, 0.15) is 27.7 Å². The Hall–Kier alpha value is -1.14. The van der Waals surface area contributed by atoms with Crippen LogP contribution < -0.4 is 22.1 Å². The molecular weight excluding hydrogens is 232 g/mol. The van der Waals surface area contributed by atoms with E-state index in [9.17, 15) is 9.59 Å². The number of carbonyl (C=O) groups excluding carboxylic acids is 2. The van der Waals surface area contributed by atoms with Crippen LogP contribution in [0.3, 0.4) is 0 Å². The van der Waals surface area contributed by atoms with Crippen LogP contribution in [-0.4, -0.2) is 38.0 Å². The van der Waals surface area contributed by atoms with Gasteiger partial charge in [0.1, 0.15) is 0 Å². The maximum Gasteiger partial charge on any atom is 0.226 e. The lowest BCUT2D eigenvalue weighted by atomic mass is 9.66. The highest BCUT2D eigenvalue weighted by Crippen LogP contribution is 2.38. The Kier molecular flexibility index (Phi) is 6.28. The van der Waals surface area contributed by atoms with Gasteiger partial charge in [0.15, 0.2) is 0 Å². The molecule has 0 heterocycles. The lowest BCUT2D eigenvalue weighted by Gasteiger charge is -2.38. The third-order valence-electron chi connectivity index (χ3n) is 3.56. The van der Waals surface area contributed by atoms with Gasteiger partial charge in [-0.1, -0.05) is 27.7 Å². The minimum absolute atomic E-state index is 0.180. The van der Waals surface area contributed by atoms with Crippen LogP contribution >= 0.6 is 0 Å². The summed E-state index contributed by atoms with van der Waals surface area (Å²) in [6.45, 7) is 8.57. The molecule has 0 atom stereocenters. The lowest BCUT2D eigenvalue weighted by molar-refractivity contribution is -0.147. The number of hydrogen-bond donors (Lipinski definition) is 4. The summed E-state index contributed by atoms with van der Waals surface area (Å²) >= 11 is 0. The highest BCUT2D eigenvalue weighted by atomic mass is 16.2. The fraction of sp³-hybridized carbons (Fsp3) is 0.833. The van der Waals surface area contributed by atoms with Crippen molar-refractivity contribution in [2.75, 3.05) is 26.2 Å². The Bertz CT molecular complexity index is 270. The van der Waals surface area contributed by atoms with Gasteiger partial charge < -0.3 is 22.1 Å². The van der Waals surface area contributed by atoms with Gasteiger partial charge in [-0.15, -0.1) is 0 Å². The molecule has 0 spiro atoms. The molecule has 2 amide bonds.